The largest absolute Gasteiger partial charge is 0.493 e. The van der Waals surface area contributed by atoms with E-state index in [0.717, 1.165) is 16.8 Å². The average Bonchev–Trinajstić information content (AvgIpc) is 2.79. The highest BCUT2D eigenvalue weighted by atomic mass is 16.5. The van der Waals surface area contributed by atoms with Crippen LogP contribution in [-0.2, 0) is 14.4 Å². The molecule has 0 fully saturated rings. The van der Waals surface area contributed by atoms with Gasteiger partial charge in [-0.05, 0) is 54.8 Å². The molecule has 168 valence electrons. The molecule has 3 N–H and O–H groups in total. The number of amides is 3. The molecule has 0 saturated heterocycles. The first-order valence-electron chi connectivity index (χ1n) is 9.74. The molecule has 2 aromatic rings. The van der Waals surface area contributed by atoms with Gasteiger partial charge in [0.2, 0.25) is 0 Å². The second-order valence-electron chi connectivity index (χ2n) is 6.69. The summed E-state index contributed by atoms with van der Waals surface area (Å²) < 4.78 is 10.9. The number of carbonyl (C=O) groups excluding carboxylic acids is 3. The molecule has 0 aliphatic rings. The third kappa shape index (κ3) is 6.98. The molecule has 0 bridgehead atoms. The van der Waals surface area contributed by atoms with Gasteiger partial charge >= 0.3 is 11.8 Å². The number of rotatable bonds is 9. The van der Waals surface area contributed by atoms with Crippen molar-refractivity contribution in [2.45, 2.75) is 13.8 Å². The van der Waals surface area contributed by atoms with E-state index >= 15 is 0 Å². The number of methoxy groups -OCH3 is 1. The van der Waals surface area contributed by atoms with Crippen molar-refractivity contribution in [3.05, 3.63) is 65.7 Å². The summed E-state index contributed by atoms with van der Waals surface area (Å²) in [5.41, 5.74) is 5.51. The Morgan fingerprint density at radius 1 is 1.09 bits per heavy atom. The number of carbonyl (C=O) groups is 3. The first kappa shape index (κ1) is 24.1. The van der Waals surface area contributed by atoms with E-state index in [2.05, 4.69) is 27.7 Å². The Morgan fingerprint density at radius 2 is 1.88 bits per heavy atom. The van der Waals surface area contributed by atoms with Gasteiger partial charge in [0, 0.05) is 12.2 Å². The number of benzene rings is 2. The molecule has 0 spiro atoms. The van der Waals surface area contributed by atoms with Gasteiger partial charge in [-0.3, -0.25) is 14.4 Å². The summed E-state index contributed by atoms with van der Waals surface area (Å²) in [7, 11) is 1.46. The van der Waals surface area contributed by atoms with Crippen molar-refractivity contribution >= 4 is 29.6 Å². The average molecular weight is 438 g/mol. The Hall–Kier alpha value is -4.14. The highest BCUT2D eigenvalue weighted by molar-refractivity contribution is 6.35. The summed E-state index contributed by atoms with van der Waals surface area (Å²) in [6.45, 7) is 7.33. The lowest BCUT2D eigenvalue weighted by Crippen LogP contribution is -2.37. The van der Waals surface area contributed by atoms with Crippen LogP contribution in [0.4, 0.5) is 5.69 Å². The molecule has 2 aromatic carbocycles. The molecule has 9 heteroatoms. The third-order valence-electron chi connectivity index (χ3n) is 4.42. The summed E-state index contributed by atoms with van der Waals surface area (Å²) in [6, 6.07) is 10.6. The quantitative estimate of drug-likeness (QED) is 0.240. The molecule has 0 saturated carbocycles. The summed E-state index contributed by atoms with van der Waals surface area (Å²) >= 11 is 0. The van der Waals surface area contributed by atoms with Crippen LogP contribution in [0, 0.1) is 13.8 Å². The van der Waals surface area contributed by atoms with Crippen LogP contribution in [0.5, 0.6) is 11.5 Å². The Labute approximate surface area is 186 Å². The molecule has 0 aliphatic carbocycles. The molecule has 0 radical (unpaired) electrons. The van der Waals surface area contributed by atoms with Gasteiger partial charge in [0.1, 0.15) is 0 Å². The highest BCUT2D eigenvalue weighted by Gasteiger charge is 2.12. The summed E-state index contributed by atoms with van der Waals surface area (Å²) in [5.74, 6) is -1.27. The zero-order valence-electron chi connectivity index (χ0n) is 18.2. The number of nitrogens with zero attached hydrogens (tertiary/aromatic N) is 1. The molecule has 32 heavy (non-hydrogen) atoms. The van der Waals surface area contributed by atoms with E-state index in [1.54, 1.807) is 18.2 Å². The van der Waals surface area contributed by atoms with E-state index in [9.17, 15) is 14.4 Å². The standard InChI is InChI=1S/C23H26N4O5/c1-5-11-24-22(29)23(30)27-25-13-17-9-10-19(20(12-17)31-4)32-14-21(28)26-18-8-6-7-15(2)16(18)3/h5-10,12-13H,1,11,14H2,2-4H3,(H,24,29)(H,26,28)(H,27,30)/b25-13+. The fraction of sp³-hybridized carbons (Fsp3) is 0.217. The topological polar surface area (TPSA) is 118 Å². The molecule has 2 rings (SSSR count). The predicted octanol–water partition coefficient (Wildman–Crippen LogP) is 2.08. The number of nitrogens with one attached hydrogen (secondary N) is 3. The van der Waals surface area contributed by atoms with Crippen molar-refractivity contribution in [1.29, 1.82) is 0 Å². The molecule has 0 unspecified atom stereocenters. The van der Waals surface area contributed by atoms with Crippen molar-refractivity contribution in [3.8, 4) is 11.5 Å². The smallest absolute Gasteiger partial charge is 0.329 e. The van der Waals surface area contributed by atoms with Crippen LogP contribution in [0.3, 0.4) is 0 Å². The number of aryl methyl sites for hydroxylation is 1. The molecule has 9 nitrogen and oxygen atoms in total. The van der Waals surface area contributed by atoms with Crippen LogP contribution in [0.1, 0.15) is 16.7 Å². The third-order valence-corrected chi connectivity index (χ3v) is 4.42. The minimum Gasteiger partial charge on any atom is -0.493 e. The first-order valence-corrected chi connectivity index (χ1v) is 9.74. The van der Waals surface area contributed by atoms with Crippen molar-refractivity contribution < 1.29 is 23.9 Å². The predicted molar refractivity (Wildman–Crippen MR) is 122 cm³/mol. The Morgan fingerprint density at radius 3 is 2.59 bits per heavy atom. The second kappa shape index (κ2) is 11.9. The molecular weight excluding hydrogens is 412 g/mol. The van der Waals surface area contributed by atoms with E-state index in [-0.39, 0.29) is 19.1 Å². The van der Waals surface area contributed by atoms with Crippen LogP contribution in [0.2, 0.25) is 0 Å². The molecule has 0 heterocycles. The fourth-order valence-electron chi connectivity index (χ4n) is 2.56. The van der Waals surface area contributed by atoms with Crippen LogP contribution in [0.15, 0.2) is 54.2 Å². The molecule has 0 aromatic heterocycles. The molecule has 0 aliphatic heterocycles. The van der Waals surface area contributed by atoms with E-state index in [1.165, 1.54) is 19.4 Å². The van der Waals surface area contributed by atoms with Gasteiger partial charge in [0.05, 0.1) is 13.3 Å². The maximum atomic E-state index is 12.3. The maximum Gasteiger partial charge on any atom is 0.329 e. The minimum absolute atomic E-state index is 0.178. The van der Waals surface area contributed by atoms with E-state index in [1.807, 2.05) is 32.0 Å². The van der Waals surface area contributed by atoms with Crippen LogP contribution >= 0.6 is 0 Å². The highest BCUT2D eigenvalue weighted by Crippen LogP contribution is 2.27. The lowest BCUT2D eigenvalue weighted by Gasteiger charge is -2.13. The summed E-state index contributed by atoms with van der Waals surface area (Å²) in [6.07, 6.45) is 2.80. The number of hydrogen-bond donors (Lipinski definition) is 3. The molecular formula is C23H26N4O5. The summed E-state index contributed by atoms with van der Waals surface area (Å²) in [5, 5.41) is 8.91. The van der Waals surface area contributed by atoms with Gasteiger partial charge in [0.15, 0.2) is 18.1 Å². The number of hydrogen-bond acceptors (Lipinski definition) is 6. The van der Waals surface area contributed by atoms with Gasteiger partial charge in [-0.15, -0.1) is 6.58 Å². The first-order chi connectivity index (χ1) is 15.3. The zero-order valence-corrected chi connectivity index (χ0v) is 18.2. The van der Waals surface area contributed by atoms with Crippen LogP contribution in [-0.4, -0.2) is 44.2 Å². The van der Waals surface area contributed by atoms with Crippen molar-refractivity contribution in [3.63, 3.8) is 0 Å². The van der Waals surface area contributed by atoms with Gasteiger partial charge in [-0.25, -0.2) is 5.43 Å². The van der Waals surface area contributed by atoms with Crippen LogP contribution in [0.25, 0.3) is 0 Å². The van der Waals surface area contributed by atoms with Crippen LogP contribution < -0.4 is 25.5 Å². The second-order valence-corrected chi connectivity index (χ2v) is 6.69. The van der Waals surface area contributed by atoms with Gasteiger partial charge in [0.25, 0.3) is 5.91 Å². The lowest BCUT2D eigenvalue weighted by molar-refractivity contribution is -0.139. The SMILES string of the molecule is C=CCNC(=O)C(=O)N/N=C/c1ccc(OCC(=O)Nc2cccc(C)c2C)c(OC)c1. The molecule has 0 atom stereocenters. The fourth-order valence-corrected chi connectivity index (χ4v) is 2.56. The summed E-state index contributed by atoms with van der Waals surface area (Å²) in [4.78, 5) is 35.3. The normalized spacial score (nSPS) is 10.3. The van der Waals surface area contributed by atoms with E-state index < -0.39 is 11.8 Å². The maximum absolute atomic E-state index is 12.3. The van der Waals surface area contributed by atoms with Gasteiger partial charge in [-0.2, -0.15) is 5.10 Å². The van der Waals surface area contributed by atoms with Crippen molar-refractivity contribution in [2.75, 3.05) is 25.6 Å². The monoisotopic (exact) mass is 438 g/mol. The molecule has 3 amide bonds. The van der Waals surface area contributed by atoms with E-state index in [0.29, 0.717) is 17.1 Å². The number of hydrazone groups is 1. The van der Waals surface area contributed by atoms with Crippen molar-refractivity contribution in [2.24, 2.45) is 5.10 Å². The Kier molecular flexibility index (Phi) is 8.97. The number of ether oxygens (including phenoxy) is 2. The minimum atomic E-state index is -0.898. The Balaban J connectivity index is 1.94. The van der Waals surface area contributed by atoms with Gasteiger partial charge in [-0.1, -0.05) is 18.2 Å². The van der Waals surface area contributed by atoms with Gasteiger partial charge < -0.3 is 20.1 Å². The number of anilines is 1. The van der Waals surface area contributed by atoms with Crippen molar-refractivity contribution in [1.82, 2.24) is 10.7 Å². The Bertz CT molecular complexity index is 1030. The lowest BCUT2D eigenvalue weighted by atomic mass is 10.1. The van der Waals surface area contributed by atoms with E-state index in [4.69, 9.17) is 9.47 Å². The zero-order chi connectivity index (χ0) is 23.5.